The minimum Gasteiger partial charge on any atom is -0.478 e. The van der Waals surface area contributed by atoms with Crippen molar-refractivity contribution >= 4 is 23.7 Å². The molecule has 0 radical (unpaired) electrons. The van der Waals surface area contributed by atoms with Gasteiger partial charge in [0.15, 0.2) is 0 Å². The van der Waals surface area contributed by atoms with Crippen LogP contribution in [-0.2, 0) is 9.53 Å². The van der Waals surface area contributed by atoms with Gasteiger partial charge in [-0.2, -0.15) is 0 Å². The summed E-state index contributed by atoms with van der Waals surface area (Å²) in [4.78, 5) is 36.9. The number of hydrogen-bond donors (Lipinski definition) is 3. The average Bonchev–Trinajstić information content (AvgIpc) is 3.16. The second kappa shape index (κ2) is 10.0. The molecule has 35 heavy (non-hydrogen) atoms. The molecule has 7 heteroatoms. The summed E-state index contributed by atoms with van der Waals surface area (Å²) in [5.74, 6) is -1.59. The van der Waals surface area contributed by atoms with Crippen molar-refractivity contribution in [1.82, 2.24) is 5.32 Å². The van der Waals surface area contributed by atoms with Crippen LogP contribution in [0.2, 0.25) is 0 Å². The fraction of sp³-hybridized carbons (Fsp3) is 0.250. The van der Waals surface area contributed by atoms with Gasteiger partial charge in [0.1, 0.15) is 12.6 Å². The van der Waals surface area contributed by atoms with Crippen LogP contribution in [0.5, 0.6) is 0 Å². The van der Waals surface area contributed by atoms with Crippen molar-refractivity contribution in [3.63, 3.8) is 0 Å². The summed E-state index contributed by atoms with van der Waals surface area (Å²) < 4.78 is 5.55. The van der Waals surface area contributed by atoms with Crippen LogP contribution in [0.3, 0.4) is 0 Å². The highest BCUT2D eigenvalue weighted by atomic mass is 16.5. The smallest absolute Gasteiger partial charge is 0.407 e. The molecule has 4 rings (SSSR count). The summed E-state index contributed by atoms with van der Waals surface area (Å²) in [6, 6.07) is 18.4. The van der Waals surface area contributed by atoms with Gasteiger partial charge in [0, 0.05) is 11.6 Å². The fourth-order valence-electron chi connectivity index (χ4n) is 4.52. The molecule has 0 saturated heterocycles. The van der Waals surface area contributed by atoms with Crippen LogP contribution in [0.15, 0.2) is 60.7 Å². The van der Waals surface area contributed by atoms with Gasteiger partial charge < -0.3 is 20.5 Å². The molecule has 0 aromatic heterocycles. The average molecular weight is 473 g/mol. The second-order valence-electron chi connectivity index (χ2n) is 8.69. The second-order valence-corrected chi connectivity index (χ2v) is 8.69. The number of carboxylic acids is 1. The van der Waals surface area contributed by atoms with Crippen molar-refractivity contribution < 1.29 is 24.2 Å². The first-order valence-electron chi connectivity index (χ1n) is 11.6. The van der Waals surface area contributed by atoms with E-state index in [0.29, 0.717) is 17.7 Å². The molecular weight excluding hydrogens is 444 g/mol. The minimum absolute atomic E-state index is 0.0768. The van der Waals surface area contributed by atoms with Crippen molar-refractivity contribution in [3.05, 3.63) is 88.5 Å². The number of rotatable bonds is 7. The molecule has 7 nitrogen and oxygen atoms in total. The lowest BCUT2D eigenvalue weighted by Crippen LogP contribution is -2.43. The predicted molar refractivity (Wildman–Crippen MR) is 134 cm³/mol. The maximum absolute atomic E-state index is 12.8. The number of alkyl carbamates (subject to hydrolysis) is 1. The number of fused-ring (bicyclic) bond motifs is 3. The number of carbonyl (C=O) groups excluding carboxylic acids is 2. The van der Waals surface area contributed by atoms with E-state index in [-0.39, 0.29) is 18.1 Å². The molecule has 3 N–H and O–H groups in total. The maximum atomic E-state index is 12.8. The molecule has 1 aliphatic rings. The molecule has 180 valence electrons. The highest BCUT2D eigenvalue weighted by molar-refractivity contribution is 5.98. The standard InChI is InChI=1S/C28H28N2O5/c1-4-25(26(31)29-18-13-16(2)17(3)23(14-18)27(32)33)30-28(34)35-15-24-21-11-7-5-9-19(21)20-10-6-8-12-22(20)24/h5-14,24-25H,4,15H2,1-3H3,(H,29,31)(H,30,34)(H,32,33). The zero-order valence-corrected chi connectivity index (χ0v) is 19.9. The number of benzene rings is 3. The Morgan fingerprint density at radius 2 is 1.57 bits per heavy atom. The monoisotopic (exact) mass is 472 g/mol. The number of aryl methyl sites for hydroxylation is 1. The SMILES string of the molecule is CCC(NC(=O)OCC1c2ccccc2-c2ccccc21)C(=O)Nc1cc(C)c(C)c(C(=O)O)c1. The Morgan fingerprint density at radius 3 is 2.14 bits per heavy atom. The molecule has 1 atom stereocenters. The molecule has 0 fully saturated rings. The van der Waals surface area contributed by atoms with Crippen LogP contribution in [0, 0.1) is 13.8 Å². The lowest BCUT2D eigenvalue weighted by Gasteiger charge is -2.19. The molecule has 3 aromatic rings. The van der Waals surface area contributed by atoms with Gasteiger partial charge in [-0.05, 0) is 65.8 Å². The minimum atomic E-state index is -1.06. The topological polar surface area (TPSA) is 105 Å². The number of ether oxygens (including phenoxy) is 1. The highest BCUT2D eigenvalue weighted by Crippen LogP contribution is 2.44. The lowest BCUT2D eigenvalue weighted by atomic mass is 9.98. The van der Waals surface area contributed by atoms with Crippen LogP contribution >= 0.6 is 0 Å². The van der Waals surface area contributed by atoms with E-state index in [9.17, 15) is 19.5 Å². The number of amides is 2. The number of nitrogens with one attached hydrogen (secondary N) is 2. The van der Waals surface area contributed by atoms with E-state index in [1.807, 2.05) is 36.4 Å². The van der Waals surface area contributed by atoms with E-state index in [1.165, 1.54) is 6.07 Å². The third-order valence-corrected chi connectivity index (χ3v) is 6.53. The zero-order chi connectivity index (χ0) is 25.1. The third kappa shape index (κ3) is 4.89. The fourth-order valence-corrected chi connectivity index (χ4v) is 4.52. The van der Waals surface area contributed by atoms with Gasteiger partial charge in [-0.1, -0.05) is 55.5 Å². The van der Waals surface area contributed by atoms with Crippen molar-refractivity contribution in [2.75, 3.05) is 11.9 Å². The van der Waals surface area contributed by atoms with Gasteiger partial charge in [0.2, 0.25) is 5.91 Å². The Morgan fingerprint density at radius 1 is 0.971 bits per heavy atom. The van der Waals surface area contributed by atoms with Crippen molar-refractivity contribution in [1.29, 1.82) is 0 Å². The molecule has 0 aliphatic heterocycles. The van der Waals surface area contributed by atoms with Crippen molar-refractivity contribution in [3.8, 4) is 11.1 Å². The van der Waals surface area contributed by atoms with Gasteiger partial charge in [-0.25, -0.2) is 9.59 Å². The third-order valence-electron chi connectivity index (χ3n) is 6.53. The number of hydrogen-bond acceptors (Lipinski definition) is 4. The van der Waals surface area contributed by atoms with Gasteiger partial charge in [0.05, 0.1) is 5.56 Å². The summed E-state index contributed by atoms with van der Waals surface area (Å²) in [6.45, 7) is 5.43. The van der Waals surface area contributed by atoms with Crippen LogP contribution in [-0.4, -0.2) is 35.7 Å². The Hall–Kier alpha value is -4.13. The van der Waals surface area contributed by atoms with E-state index in [2.05, 4.69) is 22.8 Å². The van der Waals surface area contributed by atoms with Crippen molar-refractivity contribution in [2.24, 2.45) is 0 Å². The Kier molecular flexibility index (Phi) is 6.87. The molecule has 0 heterocycles. The van der Waals surface area contributed by atoms with Crippen LogP contribution in [0.4, 0.5) is 10.5 Å². The first-order chi connectivity index (χ1) is 16.8. The van der Waals surface area contributed by atoms with Gasteiger partial charge >= 0.3 is 12.1 Å². The number of carboxylic acid groups (broad SMARTS) is 1. The number of aromatic carboxylic acids is 1. The van der Waals surface area contributed by atoms with Crippen LogP contribution in [0.1, 0.15) is 51.9 Å². The highest BCUT2D eigenvalue weighted by Gasteiger charge is 2.29. The number of anilines is 1. The molecular formula is C28H28N2O5. The van der Waals surface area contributed by atoms with E-state index in [0.717, 1.165) is 27.8 Å². The Balaban J connectivity index is 1.41. The van der Waals surface area contributed by atoms with Crippen LogP contribution in [0.25, 0.3) is 11.1 Å². The summed E-state index contributed by atoms with van der Waals surface area (Å²) in [7, 11) is 0. The zero-order valence-electron chi connectivity index (χ0n) is 19.9. The van der Waals surface area contributed by atoms with E-state index < -0.39 is 24.0 Å². The van der Waals surface area contributed by atoms with Gasteiger partial charge in [-0.3, -0.25) is 4.79 Å². The molecule has 1 aliphatic carbocycles. The molecule has 0 spiro atoms. The normalized spacial score (nSPS) is 12.9. The first kappa shape index (κ1) is 24.0. The van der Waals surface area contributed by atoms with E-state index in [4.69, 9.17) is 4.74 Å². The number of carbonyl (C=O) groups is 3. The largest absolute Gasteiger partial charge is 0.478 e. The maximum Gasteiger partial charge on any atom is 0.407 e. The molecule has 2 amide bonds. The molecule has 0 bridgehead atoms. The first-order valence-corrected chi connectivity index (χ1v) is 11.6. The van der Waals surface area contributed by atoms with E-state index >= 15 is 0 Å². The predicted octanol–water partition coefficient (Wildman–Crippen LogP) is 5.26. The summed E-state index contributed by atoms with van der Waals surface area (Å²) >= 11 is 0. The van der Waals surface area contributed by atoms with Gasteiger partial charge in [0.25, 0.3) is 0 Å². The van der Waals surface area contributed by atoms with Crippen LogP contribution < -0.4 is 10.6 Å². The van der Waals surface area contributed by atoms with E-state index in [1.54, 1.807) is 26.8 Å². The Labute approximate surface area is 204 Å². The molecule has 1 unspecified atom stereocenters. The quantitative estimate of drug-likeness (QED) is 0.435. The van der Waals surface area contributed by atoms with Gasteiger partial charge in [-0.15, -0.1) is 0 Å². The summed E-state index contributed by atoms with van der Waals surface area (Å²) in [5.41, 5.74) is 6.36. The van der Waals surface area contributed by atoms with Crippen molar-refractivity contribution in [2.45, 2.75) is 39.2 Å². The Bertz CT molecular complexity index is 1250. The summed E-state index contributed by atoms with van der Waals surface area (Å²) in [5, 5.41) is 14.8. The molecule has 3 aromatic carbocycles. The summed E-state index contributed by atoms with van der Waals surface area (Å²) in [6.07, 6.45) is -0.340. The molecule has 0 saturated carbocycles. The lowest BCUT2D eigenvalue weighted by molar-refractivity contribution is -0.118.